The summed E-state index contributed by atoms with van der Waals surface area (Å²) in [6, 6.07) is 15.5. The van der Waals surface area contributed by atoms with Gasteiger partial charge in [0, 0.05) is 18.8 Å². The summed E-state index contributed by atoms with van der Waals surface area (Å²) < 4.78 is 5.54. The predicted molar refractivity (Wildman–Crippen MR) is 131 cm³/mol. The zero-order valence-electron chi connectivity index (χ0n) is 20.0. The third kappa shape index (κ3) is 6.73. The van der Waals surface area contributed by atoms with E-state index in [0.29, 0.717) is 5.75 Å². The van der Waals surface area contributed by atoms with Crippen molar-refractivity contribution in [3.05, 3.63) is 59.7 Å². The van der Waals surface area contributed by atoms with E-state index in [-0.39, 0.29) is 18.4 Å². The molecule has 0 spiro atoms. The van der Waals surface area contributed by atoms with E-state index < -0.39 is 11.6 Å². The molecule has 0 bridgehead atoms. The zero-order chi connectivity index (χ0) is 23.8. The fourth-order valence-corrected chi connectivity index (χ4v) is 4.24. The summed E-state index contributed by atoms with van der Waals surface area (Å²) in [5.41, 5.74) is 1.97. The summed E-state index contributed by atoms with van der Waals surface area (Å²) in [7, 11) is 0. The van der Waals surface area contributed by atoms with Crippen LogP contribution in [0.5, 0.6) is 5.75 Å². The van der Waals surface area contributed by atoms with Crippen LogP contribution in [0, 0.1) is 0 Å². The van der Waals surface area contributed by atoms with Gasteiger partial charge >= 0.3 is 5.97 Å². The van der Waals surface area contributed by atoms with Gasteiger partial charge in [0.2, 0.25) is 5.91 Å². The van der Waals surface area contributed by atoms with E-state index in [9.17, 15) is 14.7 Å². The van der Waals surface area contributed by atoms with E-state index in [0.717, 1.165) is 31.5 Å². The van der Waals surface area contributed by atoms with Crippen LogP contribution in [0.15, 0.2) is 48.5 Å². The van der Waals surface area contributed by atoms with Gasteiger partial charge in [-0.25, -0.2) is 4.79 Å². The van der Waals surface area contributed by atoms with Crippen LogP contribution >= 0.6 is 0 Å². The summed E-state index contributed by atoms with van der Waals surface area (Å²) >= 11 is 0. The van der Waals surface area contributed by atoms with Crippen LogP contribution in [0.1, 0.15) is 70.0 Å². The molecule has 1 aliphatic heterocycles. The van der Waals surface area contributed by atoms with Gasteiger partial charge in [0.1, 0.15) is 5.75 Å². The zero-order valence-corrected chi connectivity index (χ0v) is 20.0. The van der Waals surface area contributed by atoms with Crippen LogP contribution in [0.2, 0.25) is 0 Å². The lowest BCUT2D eigenvalue weighted by molar-refractivity contribution is -0.152. The number of carboxylic acids is 1. The molecule has 6 nitrogen and oxygen atoms in total. The van der Waals surface area contributed by atoms with Gasteiger partial charge in [-0.05, 0) is 68.9 Å². The number of aliphatic carboxylic acids is 1. The molecule has 1 aliphatic rings. The van der Waals surface area contributed by atoms with E-state index in [1.807, 2.05) is 12.1 Å². The molecule has 1 unspecified atom stereocenters. The molecule has 0 aromatic heterocycles. The Balaban J connectivity index is 1.67. The number of carbonyl (C=O) groups is 2. The quantitative estimate of drug-likeness (QED) is 0.523. The number of piperidine rings is 1. The standard InChI is InChI=1S/C27H36N2O4/c1-4-10-23(22-11-6-7-12-24(22)29-17-8-5-9-18-29)28-25(30)19-20-13-15-21(16-14-20)33-27(2,3)26(31)32/h6-7,11-16,23H,4-5,8-10,17-19H2,1-3H3,(H,28,30)(H,31,32). The largest absolute Gasteiger partial charge is 0.478 e. The molecule has 1 atom stereocenters. The number of carboxylic acid groups (broad SMARTS) is 1. The molecule has 0 aliphatic carbocycles. The van der Waals surface area contributed by atoms with E-state index in [1.54, 1.807) is 12.1 Å². The van der Waals surface area contributed by atoms with Crippen LogP contribution in [-0.2, 0) is 16.0 Å². The molecule has 6 heteroatoms. The number of nitrogens with one attached hydrogen (secondary N) is 1. The molecular formula is C27H36N2O4. The molecule has 0 radical (unpaired) electrons. The van der Waals surface area contributed by atoms with Crippen molar-refractivity contribution in [2.24, 2.45) is 0 Å². The Bertz CT molecular complexity index is 933. The Morgan fingerprint density at radius 2 is 1.73 bits per heavy atom. The lowest BCUT2D eigenvalue weighted by Crippen LogP contribution is -2.37. The van der Waals surface area contributed by atoms with E-state index in [2.05, 4.69) is 41.4 Å². The lowest BCUT2D eigenvalue weighted by Gasteiger charge is -2.32. The first kappa shape index (κ1) is 24.6. The minimum absolute atomic E-state index is 0.0265. The topological polar surface area (TPSA) is 78.9 Å². The summed E-state index contributed by atoms with van der Waals surface area (Å²) in [4.78, 5) is 26.6. The van der Waals surface area contributed by atoms with Gasteiger partial charge in [0.15, 0.2) is 5.60 Å². The van der Waals surface area contributed by atoms with Gasteiger partial charge in [-0.15, -0.1) is 0 Å². The fourth-order valence-electron chi connectivity index (χ4n) is 4.24. The Labute approximate surface area is 196 Å². The van der Waals surface area contributed by atoms with Crippen molar-refractivity contribution < 1.29 is 19.4 Å². The third-order valence-corrected chi connectivity index (χ3v) is 6.10. The van der Waals surface area contributed by atoms with Gasteiger partial charge in [-0.3, -0.25) is 4.79 Å². The first-order chi connectivity index (χ1) is 15.8. The van der Waals surface area contributed by atoms with Gasteiger partial charge in [-0.2, -0.15) is 0 Å². The molecule has 178 valence electrons. The van der Waals surface area contributed by atoms with Crippen molar-refractivity contribution in [2.75, 3.05) is 18.0 Å². The number of anilines is 1. The third-order valence-electron chi connectivity index (χ3n) is 6.10. The molecule has 33 heavy (non-hydrogen) atoms. The molecule has 3 rings (SSSR count). The van der Waals surface area contributed by atoms with E-state index in [4.69, 9.17) is 4.74 Å². The second kappa shape index (κ2) is 11.2. The number of hydrogen-bond donors (Lipinski definition) is 2. The smallest absolute Gasteiger partial charge is 0.347 e. The highest BCUT2D eigenvalue weighted by molar-refractivity contribution is 5.79. The van der Waals surface area contributed by atoms with Crippen LogP contribution in [0.4, 0.5) is 5.69 Å². The maximum absolute atomic E-state index is 12.9. The van der Waals surface area contributed by atoms with Gasteiger partial charge in [0.05, 0.1) is 12.5 Å². The summed E-state index contributed by atoms with van der Waals surface area (Å²) in [5, 5.41) is 12.5. The minimum Gasteiger partial charge on any atom is -0.478 e. The molecule has 1 heterocycles. The average Bonchev–Trinajstić information content (AvgIpc) is 2.80. The normalized spacial score (nSPS) is 15.1. The van der Waals surface area contributed by atoms with Crippen LogP contribution in [-0.4, -0.2) is 35.7 Å². The van der Waals surface area contributed by atoms with Crippen molar-refractivity contribution >= 4 is 17.6 Å². The summed E-state index contributed by atoms with van der Waals surface area (Å²) in [5.74, 6) is -0.593. The van der Waals surface area contributed by atoms with Gasteiger partial charge in [-0.1, -0.05) is 43.7 Å². The first-order valence-electron chi connectivity index (χ1n) is 11.9. The molecular weight excluding hydrogens is 416 g/mol. The molecule has 1 amide bonds. The highest BCUT2D eigenvalue weighted by Crippen LogP contribution is 2.31. The lowest BCUT2D eigenvalue weighted by atomic mass is 9.98. The maximum atomic E-state index is 12.9. The first-order valence-corrected chi connectivity index (χ1v) is 11.9. The van der Waals surface area contributed by atoms with Crippen LogP contribution in [0.25, 0.3) is 0 Å². The van der Waals surface area contributed by atoms with Crippen molar-refractivity contribution in [2.45, 2.75) is 70.9 Å². The highest BCUT2D eigenvalue weighted by Gasteiger charge is 2.29. The van der Waals surface area contributed by atoms with Gasteiger partial charge < -0.3 is 20.1 Å². The van der Waals surface area contributed by atoms with Crippen molar-refractivity contribution in [3.63, 3.8) is 0 Å². The molecule has 1 saturated heterocycles. The molecule has 2 N–H and O–H groups in total. The van der Waals surface area contributed by atoms with E-state index >= 15 is 0 Å². The Hall–Kier alpha value is -3.02. The van der Waals surface area contributed by atoms with Crippen molar-refractivity contribution in [1.82, 2.24) is 5.32 Å². The van der Waals surface area contributed by atoms with Crippen molar-refractivity contribution in [1.29, 1.82) is 0 Å². The van der Waals surface area contributed by atoms with E-state index in [1.165, 1.54) is 44.4 Å². The minimum atomic E-state index is -1.31. The molecule has 0 saturated carbocycles. The summed E-state index contributed by atoms with van der Waals surface area (Å²) in [6.45, 7) is 7.28. The monoisotopic (exact) mass is 452 g/mol. The second-order valence-electron chi connectivity index (χ2n) is 9.25. The molecule has 2 aromatic carbocycles. The number of nitrogens with zero attached hydrogens (tertiary/aromatic N) is 1. The van der Waals surface area contributed by atoms with Crippen LogP contribution < -0.4 is 15.0 Å². The highest BCUT2D eigenvalue weighted by atomic mass is 16.5. The Kier molecular flexibility index (Phi) is 8.37. The number of benzene rings is 2. The molecule has 2 aromatic rings. The number of ether oxygens (including phenoxy) is 1. The maximum Gasteiger partial charge on any atom is 0.347 e. The fraction of sp³-hybridized carbons (Fsp3) is 0.481. The number of hydrogen-bond acceptors (Lipinski definition) is 4. The van der Waals surface area contributed by atoms with Gasteiger partial charge in [0.25, 0.3) is 0 Å². The summed E-state index contributed by atoms with van der Waals surface area (Å²) in [6.07, 6.45) is 5.82. The second-order valence-corrected chi connectivity index (χ2v) is 9.25. The number of amides is 1. The van der Waals surface area contributed by atoms with Crippen molar-refractivity contribution in [3.8, 4) is 5.75 Å². The predicted octanol–water partition coefficient (Wildman–Crippen LogP) is 5.12. The Morgan fingerprint density at radius 3 is 2.36 bits per heavy atom. The number of para-hydroxylation sites is 1. The van der Waals surface area contributed by atoms with Crippen LogP contribution in [0.3, 0.4) is 0 Å². The Morgan fingerprint density at radius 1 is 1.06 bits per heavy atom. The SMILES string of the molecule is CCCC(NC(=O)Cc1ccc(OC(C)(C)C(=O)O)cc1)c1ccccc1N1CCCCC1. The molecule has 1 fully saturated rings. The number of carbonyl (C=O) groups excluding carboxylic acids is 1. The average molecular weight is 453 g/mol. The number of rotatable bonds is 10.